The van der Waals surface area contributed by atoms with Crippen molar-refractivity contribution in [2.75, 3.05) is 20.2 Å². The van der Waals surface area contributed by atoms with Gasteiger partial charge in [-0.15, -0.1) is 0 Å². The van der Waals surface area contributed by atoms with Gasteiger partial charge in [0.2, 0.25) is 5.91 Å². The van der Waals surface area contributed by atoms with Gasteiger partial charge in [0.05, 0.1) is 6.54 Å². The molecule has 6 nitrogen and oxygen atoms in total. The van der Waals surface area contributed by atoms with E-state index in [4.69, 9.17) is 4.74 Å². The van der Waals surface area contributed by atoms with Crippen LogP contribution in [0.1, 0.15) is 13.0 Å². The zero-order valence-corrected chi connectivity index (χ0v) is 11.9. The highest BCUT2D eigenvalue weighted by molar-refractivity contribution is 5.79. The van der Waals surface area contributed by atoms with E-state index >= 15 is 0 Å². The predicted molar refractivity (Wildman–Crippen MR) is 74.3 cm³/mol. The number of amides is 1. The number of rotatable bonds is 6. The van der Waals surface area contributed by atoms with E-state index < -0.39 is 11.9 Å². The van der Waals surface area contributed by atoms with Gasteiger partial charge in [-0.2, -0.15) is 5.10 Å². The van der Waals surface area contributed by atoms with Gasteiger partial charge in [-0.25, -0.2) is 14.1 Å². The molecule has 0 aliphatic heterocycles. The van der Waals surface area contributed by atoms with Crippen LogP contribution in [0.3, 0.4) is 0 Å². The molecule has 0 saturated carbocycles. The van der Waals surface area contributed by atoms with Crippen molar-refractivity contribution in [2.45, 2.75) is 13.0 Å². The first-order valence-electron chi connectivity index (χ1n) is 6.56. The standard InChI is InChI=1S/C14H17FN4O2/c1-11(19-10-16-9-17-19)14(20)18(2)7-8-21-13-6-4-3-5-12(13)15/h3-6,9-11H,7-8H2,1-2H3/t11-/m1/s1. The third kappa shape index (κ3) is 3.77. The summed E-state index contributed by atoms with van der Waals surface area (Å²) in [6, 6.07) is 5.73. The van der Waals surface area contributed by atoms with Crippen LogP contribution in [-0.4, -0.2) is 45.8 Å². The summed E-state index contributed by atoms with van der Waals surface area (Å²) in [5.41, 5.74) is 0. The summed E-state index contributed by atoms with van der Waals surface area (Å²) in [5.74, 6) is -0.345. The molecule has 1 aromatic carbocycles. The smallest absolute Gasteiger partial charge is 0.247 e. The fourth-order valence-electron chi connectivity index (χ4n) is 1.81. The molecule has 1 aromatic heterocycles. The molecule has 0 saturated heterocycles. The first-order chi connectivity index (χ1) is 10.1. The number of hydrogen-bond acceptors (Lipinski definition) is 4. The molecule has 2 rings (SSSR count). The highest BCUT2D eigenvalue weighted by Crippen LogP contribution is 2.15. The molecule has 1 amide bonds. The Morgan fingerprint density at radius 1 is 1.48 bits per heavy atom. The van der Waals surface area contributed by atoms with Crippen LogP contribution < -0.4 is 4.74 Å². The molecule has 0 N–H and O–H groups in total. The minimum Gasteiger partial charge on any atom is -0.489 e. The number of likely N-dealkylation sites (N-methyl/N-ethyl adjacent to an activating group) is 1. The van der Waals surface area contributed by atoms with Gasteiger partial charge in [0, 0.05) is 7.05 Å². The molecular formula is C14H17FN4O2. The Morgan fingerprint density at radius 3 is 2.90 bits per heavy atom. The molecule has 112 valence electrons. The lowest BCUT2D eigenvalue weighted by atomic mass is 10.3. The molecule has 1 atom stereocenters. The van der Waals surface area contributed by atoms with Crippen LogP contribution in [0.15, 0.2) is 36.9 Å². The maximum Gasteiger partial charge on any atom is 0.247 e. The van der Waals surface area contributed by atoms with E-state index in [0.29, 0.717) is 6.54 Å². The van der Waals surface area contributed by atoms with Gasteiger partial charge in [-0.05, 0) is 19.1 Å². The third-order valence-electron chi connectivity index (χ3n) is 3.09. The first-order valence-corrected chi connectivity index (χ1v) is 6.56. The van der Waals surface area contributed by atoms with Gasteiger partial charge >= 0.3 is 0 Å². The molecule has 0 aliphatic rings. The van der Waals surface area contributed by atoms with Crippen molar-refractivity contribution in [3.05, 3.63) is 42.7 Å². The lowest BCUT2D eigenvalue weighted by molar-refractivity contribution is -0.133. The summed E-state index contributed by atoms with van der Waals surface area (Å²) < 4.78 is 20.2. The van der Waals surface area contributed by atoms with Gasteiger partial charge in [0.1, 0.15) is 25.3 Å². The molecule has 2 aromatic rings. The van der Waals surface area contributed by atoms with Crippen molar-refractivity contribution in [3.8, 4) is 5.75 Å². The van der Waals surface area contributed by atoms with Crippen LogP contribution in [0.5, 0.6) is 5.75 Å². The average Bonchev–Trinajstić information content (AvgIpc) is 3.01. The number of hydrogen-bond donors (Lipinski definition) is 0. The minimum absolute atomic E-state index is 0.113. The highest BCUT2D eigenvalue weighted by atomic mass is 19.1. The van der Waals surface area contributed by atoms with Crippen LogP contribution in [0.4, 0.5) is 4.39 Å². The van der Waals surface area contributed by atoms with Crippen molar-refractivity contribution in [1.29, 1.82) is 0 Å². The van der Waals surface area contributed by atoms with Gasteiger partial charge in [0.15, 0.2) is 11.6 Å². The van der Waals surface area contributed by atoms with Crippen LogP contribution in [0, 0.1) is 5.82 Å². The summed E-state index contributed by atoms with van der Waals surface area (Å²) in [6.45, 7) is 2.31. The lowest BCUT2D eigenvalue weighted by Crippen LogP contribution is -2.36. The molecule has 0 spiro atoms. The third-order valence-corrected chi connectivity index (χ3v) is 3.09. The Kier molecular flexibility index (Phi) is 4.86. The monoisotopic (exact) mass is 292 g/mol. The number of carbonyl (C=O) groups excluding carboxylic acids is 1. The number of benzene rings is 1. The van der Waals surface area contributed by atoms with Gasteiger partial charge in [-0.1, -0.05) is 12.1 Å². The van der Waals surface area contributed by atoms with Crippen LogP contribution in [0.25, 0.3) is 0 Å². The number of aromatic nitrogens is 3. The molecular weight excluding hydrogens is 275 g/mol. The number of ether oxygens (including phenoxy) is 1. The topological polar surface area (TPSA) is 60.2 Å². The molecule has 0 unspecified atom stereocenters. The van der Waals surface area contributed by atoms with E-state index in [1.54, 1.807) is 32.2 Å². The van der Waals surface area contributed by atoms with Crippen molar-refractivity contribution < 1.29 is 13.9 Å². The summed E-state index contributed by atoms with van der Waals surface area (Å²) in [7, 11) is 1.67. The average molecular weight is 292 g/mol. The predicted octanol–water partition coefficient (Wildman–Crippen LogP) is 1.52. The van der Waals surface area contributed by atoms with E-state index in [1.807, 2.05) is 0 Å². The molecule has 0 fully saturated rings. The maximum atomic E-state index is 13.4. The quantitative estimate of drug-likeness (QED) is 0.810. The second-order valence-electron chi connectivity index (χ2n) is 4.59. The summed E-state index contributed by atoms with van der Waals surface area (Å²) in [6.07, 6.45) is 2.87. The summed E-state index contributed by atoms with van der Waals surface area (Å²) in [4.78, 5) is 17.5. The molecule has 7 heteroatoms. The van der Waals surface area contributed by atoms with E-state index in [9.17, 15) is 9.18 Å². The second kappa shape index (κ2) is 6.83. The zero-order valence-electron chi connectivity index (χ0n) is 11.9. The Balaban J connectivity index is 1.83. The fraction of sp³-hybridized carbons (Fsp3) is 0.357. The van der Waals surface area contributed by atoms with Crippen LogP contribution >= 0.6 is 0 Å². The number of para-hydroxylation sites is 1. The number of halogens is 1. The second-order valence-corrected chi connectivity index (χ2v) is 4.59. The highest BCUT2D eigenvalue weighted by Gasteiger charge is 2.19. The van der Waals surface area contributed by atoms with Crippen LogP contribution in [0.2, 0.25) is 0 Å². The first kappa shape index (κ1) is 15.0. The summed E-state index contributed by atoms with van der Waals surface area (Å²) in [5, 5.41) is 3.94. The normalized spacial score (nSPS) is 12.0. The Labute approximate surface area is 122 Å². The Morgan fingerprint density at radius 2 is 2.24 bits per heavy atom. The van der Waals surface area contributed by atoms with Crippen molar-refractivity contribution in [1.82, 2.24) is 19.7 Å². The van der Waals surface area contributed by atoms with E-state index in [1.165, 1.54) is 28.3 Å². The van der Waals surface area contributed by atoms with Gasteiger partial charge in [-0.3, -0.25) is 4.79 Å². The molecule has 0 radical (unpaired) electrons. The summed E-state index contributed by atoms with van der Waals surface area (Å²) >= 11 is 0. The number of nitrogens with zero attached hydrogens (tertiary/aromatic N) is 4. The Hall–Kier alpha value is -2.44. The van der Waals surface area contributed by atoms with Crippen molar-refractivity contribution >= 4 is 5.91 Å². The van der Waals surface area contributed by atoms with Gasteiger partial charge < -0.3 is 9.64 Å². The van der Waals surface area contributed by atoms with E-state index in [0.717, 1.165) is 0 Å². The van der Waals surface area contributed by atoms with Crippen molar-refractivity contribution in [3.63, 3.8) is 0 Å². The number of carbonyl (C=O) groups is 1. The lowest BCUT2D eigenvalue weighted by Gasteiger charge is -2.21. The largest absolute Gasteiger partial charge is 0.489 e. The fourth-order valence-corrected chi connectivity index (χ4v) is 1.81. The van der Waals surface area contributed by atoms with Gasteiger partial charge in [0.25, 0.3) is 0 Å². The van der Waals surface area contributed by atoms with Crippen molar-refractivity contribution in [2.24, 2.45) is 0 Å². The maximum absolute atomic E-state index is 13.4. The minimum atomic E-state index is -0.439. The Bertz CT molecular complexity index is 588. The molecule has 21 heavy (non-hydrogen) atoms. The molecule has 0 bridgehead atoms. The van der Waals surface area contributed by atoms with E-state index in [2.05, 4.69) is 10.1 Å². The van der Waals surface area contributed by atoms with E-state index in [-0.39, 0.29) is 18.3 Å². The molecule has 0 aliphatic carbocycles. The zero-order chi connectivity index (χ0) is 15.2. The SMILES string of the molecule is C[C@H](C(=O)N(C)CCOc1ccccc1F)n1cncn1. The molecule has 1 heterocycles. The van der Waals surface area contributed by atoms with Crippen LogP contribution in [-0.2, 0) is 4.79 Å².